The number of rotatable bonds is 7. The highest BCUT2D eigenvalue weighted by molar-refractivity contribution is 5.95. The molecule has 1 atom stereocenters. The quantitative estimate of drug-likeness (QED) is 0.440. The second kappa shape index (κ2) is 11.0. The summed E-state index contributed by atoms with van der Waals surface area (Å²) in [4.78, 5) is 11.3. The zero-order chi connectivity index (χ0) is 18.0. The zero-order valence-electron chi connectivity index (χ0n) is 16.0. The molecule has 0 radical (unpaired) electrons. The summed E-state index contributed by atoms with van der Waals surface area (Å²) in [5, 5.41) is 0. The van der Waals surface area contributed by atoms with Crippen LogP contribution in [0.1, 0.15) is 76.2 Å². The van der Waals surface area contributed by atoms with Crippen LogP contribution < -0.4 is 0 Å². The van der Waals surface area contributed by atoms with Crippen LogP contribution in [0.4, 0.5) is 0 Å². The highest BCUT2D eigenvalue weighted by Gasteiger charge is 2.08. The molecule has 0 aliphatic rings. The molecule has 0 heterocycles. The van der Waals surface area contributed by atoms with Crippen LogP contribution in [0, 0.1) is 11.8 Å². The Morgan fingerprint density at radius 2 is 1.61 bits per heavy atom. The molecule has 2 heteroatoms. The molecule has 0 aliphatic carbocycles. The SMILES string of the molecule is C=C(OC)C(C)CC(C)C.CCC(=O)c1ccc(C(C)C)cc1. The van der Waals surface area contributed by atoms with Crippen LogP contribution in [0.25, 0.3) is 0 Å². The number of benzene rings is 1. The third kappa shape index (κ3) is 8.59. The summed E-state index contributed by atoms with van der Waals surface area (Å²) >= 11 is 0. The van der Waals surface area contributed by atoms with Crippen molar-refractivity contribution < 1.29 is 9.53 Å². The molecular weight excluding hydrogens is 284 g/mol. The van der Waals surface area contributed by atoms with E-state index in [1.165, 1.54) is 5.56 Å². The number of hydrogen-bond donors (Lipinski definition) is 0. The van der Waals surface area contributed by atoms with E-state index in [9.17, 15) is 4.79 Å². The molecule has 23 heavy (non-hydrogen) atoms. The Morgan fingerprint density at radius 3 is 1.96 bits per heavy atom. The summed E-state index contributed by atoms with van der Waals surface area (Å²) in [7, 11) is 1.68. The number of hydrogen-bond acceptors (Lipinski definition) is 2. The van der Waals surface area contributed by atoms with E-state index < -0.39 is 0 Å². The molecule has 0 spiro atoms. The van der Waals surface area contributed by atoms with Crippen LogP contribution in [0.15, 0.2) is 36.6 Å². The summed E-state index contributed by atoms with van der Waals surface area (Å²) in [5.74, 6) is 2.86. The van der Waals surface area contributed by atoms with E-state index in [-0.39, 0.29) is 5.78 Å². The minimum atomic E-state index is 0.218. The first-order chi connectivity index (χ1) is 10.7. The molecule has 0 aromatic heterocycles. The lowest BCUT2D eigenvalue weighted by molar-refractivity contribution is 0.0988. The van der Waals surface area contributed by atoms with Gasteiger partial charge in [-0.2, -0.15) is 0 Å². The third-order valence-electron chi connectivity index (χ3n) is 3.86. The van der Waals surface area contributed by atoms with E-state index in [0.29, 0.717) is 18.3 Å². The maximum atomic E-state index is 11.3. The molecule has 0 saturated carbocycles. The highest BCUT2D eigenvalue weighted by Crippen LogP contribution is 2.18. The van der Waals surface area contributed by atoms with E-state index in [4.69, 9.17) is 4.74 Å². The van der Waals surface area contributed by atoms with Gasteiger partial charge in [-0.3, -0.25) is 4.79 Å². The second-order valence-electron chi connectivity index (χ2n) is 6.75. The van der Waals surface area contributed by atoms with Crippen molar-refractivity contribution in [3.63, 3.8) is 0 Å². The molecule has 0 saturated heterocycles. The Labute approximate surface area is 142 Å². The zero-order valence-corrected chi connectivity index (χ0v) is 16.0. The number of allylic oxidation sites excluding steroid dienone is 1. The monoisotopic (exact) mass is 318 g/mol. The van der Waals surface area contributed by atoms with Gasteiger partial charge in [-0.05, 0) is 23.8 Å². The van der Waals surface area contributed by atoms with E-state index >= 15 is 0 Å². The summed E-state index contributed by atoms with van der Waals surface area (Å²) in [5.41, 5.74) is 2.11. The summed E-state index contributed by atoms with van der Waals surface area (Å²) in [6.07, 6.45) is 1.74. The Hall–Kier alpha value is -1.57. The third-order valence-corrected chi connectivity index (χ3v) is 3.86. The molecule has 2 nitrogen and oxygen atoms in total. The van der Waals surface area contributed by atoms with Gasteiger partial charge in [0.25, 0.3) is 0 Å². The normalized spacial score (nSPS) is 11.7. The van der Waals surface area contributed by atoms with Crippen LogP contribution in [-0.2, 0) is 4.74 Å². The van der Waals surface area contributed by atoms with Gasteiger partial charge in [-0.25, -0.2) is 0 Å². The lowest BCUT2D eigenvalue weighted by Crippen LogP contribution is -2.03. The lowest BCUT2D eigenvalue weighted by atomic mass is 9.98. The predicted molar refractivity (Wildman–Crippen MR) is 99.9 cm³/mol. The van der Waals surface area contributed by atoms with Crippen molar-refractivity contribution in [3.05, 3.63) is 47.7 Å². The molecule has 0 aliphatic heterocycles. The number of Topliss-reactive ketones (excluding diaryl/α,β-unsaturated/α-hetero) is 1. The fraction of sp³-hybridized carbons (Fsp3) is 0.571. The van der Waals surface area contributed by atoms with Crippen molar-refractivity contribution in [3.8, 4) is 0 Å². The van der Waals surface area contributed by atoms with Gasteiger partial charge < -0.3 is 4.74 Å². The van der Waals surface area contributed by atoms with Gasteiger partial charge in [-0.15, -0.1) is 0 Å². The van der Waals surface area contributed by atoms with Crippen molar-refractivity contribution in [2.75, 3.05) is 7.11 Å². The van der Waals surface area contributed by atoms with Gasteiger partial charge >= 0.3 is 0 Å². The number of carbonyl (C=O) groups excluding carboxylic acids is 1. The summed E-state index contributed by atoms with van der Waals surface area (Å²) < 4.78 is 5.02. The largest absolute Gasteiger partial charge is 0.501 e. The minimum absolute atomic E-state index is 0.218. The van der Waals surface area contributed by atoms with E-state index in [0.717, 1.165) is 23.7 Å². The van der Waals surface area contributed by atoms with Gasteiger partial charge in [0.2, 0.25) is 0 Å². The van der Waals surface area contributed by atoms with Crippen LogP contribution in [0.5, 0.6) is 0 Å². The summed E-state index contributed by atoms with van der Waals surface area (Å²) in [6.45, 7) is 16.6. The van der Waals surface area contributed by atoms with Crippen molar-refractivity contribution in [2.45, 2.75) is 60.3 Å². The average molecular weight is 319 g/mol. The highest BCUT2D eigenvalue weighted by atomic mass is 16.5. The maximum absolute atomic E-state index is 11.3. The molecule has 130 valence electrons. The van der Waals surface area contributed by atoms with Crippen molar-refractivity contribution in [2.24, 2.45) is 11.8 Å². The van der Waals surface area contributed by atoms with Gasteiger partial charge in [0.05, 0.1) is 12.9 Å². The lowest BCUT2D eigenvalue weighted by Gasteiger charge is -2.14. The number of carbonyl (C=O) groups is 1. The second-order valence-corrected chi connectivity index (χ2v) is 6.75. The molecule has 1 aromatic carbocycles. The summed E-state index contributed by atoms with van der Waals surface area (Å²) in [6, 6.07) is 7.91. The Kier molecular flexibility index (Phi) is 10.3. The van der Waals surface area contributed by atoms with Gasteiger partial charge in [0, 0.05) is 17.9 Å². The molecule has 0 amide bonds. The van der Waals surface area contributed by atoms with Gasteiger partial charge in [-0.1, -0.05) is 72.4 Å². The smallest absolute Gasteiger partial charge is 0.162 e. The molecule has 0 bridgehead atoms. The number of ketones is 1. The van der Waals surface area contributed by atoms with Crippen LogP contribution in [0.3, 0.4) is 0 Å². The first-order valence-corrected chi connectivity index (χ1v) is 8.58. The first-order valence-electron chi connectivity index (χ1n) is 8.58. The Morgan fingerprint density at radius 1 is 1.09 bits per heavy atom. The maximum Gasteiger partial charge on any atom is 0.162 e. The number of ether oxygens (including phenoxy) is 1. The average Bonchev–Trinajstić information content (AvgIpc) is 2.53. The van der Waals surface area contributed by atoms with E-state index in [2.05, 4.69) is 41.2 Å². The predicted octanol–water partition coefficient (Wildman–Crippen LogP) is 6.23. The topological polar surface area (TPSA) is 26.3 Å². The van der Waals surface area contributed by atoms with Crippen LogP contribution in [-0.4, -0.2) is 12.9 Å². The number of methoxy groups -OCH3 is 1. The van der Waals surface area contributed by atoms with Crippen LogP contribution >= 0.6 is 0 Å². The van der Waals surface area contributed by atoms with E-state index in [1.54, 1.807) is 7.11 Å². The molecule has 1 aromatic rings. The molecule has 1 unspecified atom stereocenters. The van der Waals surface area contributed by atoms with Crippen LogP contribution in [0.2, 0.25) is 0 Å². The standard InChI is InChI=1S/C12H16O.C9H18O/c1-4-12(13)11-7-5-10(6-8-11)9(2)3;1-7(2)6-8(3)9(4)10-5/h5-9H,4H2,1-3H3;7-8H,4,6H2,1-3,5H3. The fourth-order valence-electron chi connectivity index (χ4n) is 2.30. The Bertz CT molecular complexity index is 469. The molecule has 0 N–H and O–H groups in total. The molecule has 0 fully saturated rings. The van der Waals surface area contributed by atoms with Crippen molar-refractivity contribution in [1.29, 1.82) is 0 Å². The molecular formula is C21H34O2. The first kappa shape index (κ1) is 21.4. The minimum Gasteiger partial charge on any atom is -0.501 e. The fourth-order valence-corrected chi connectivity index (χ4v) is 2.30. The van der Waals surface area contributed by atoms with Crippen molar-refractivity contribution >= 4 is 5.78 Å². The van der Waals surface area contributed by atoms with E-state index in [1.807, 2.05) is 31.2 Å². The Balaban J connectivity index is 0.000000438. The van der Waals surface area contributed by atoms with Crippen molar-refractivity contribution in [1.82, 2.24) is 0 Å². The van der Waals surface area contributed by atoms with Gasteiger partial charge in [0.15, 0.2) is 5.78 Å². The van der Waals surface area contributed by atoms with Gasteiger partial charge in [0.1, 0.15) is 0 Å². The molecule has 1 rings (SSSR count).